The first-order chi connectivity index (χ1) is 16.0. The quantitative estimate of drug-likeness (QED) is 0.284. The molecule has 0 heterocycles. The Morgan fingerprint density at radius 1 is 0.571 bits per heavy atom. The third-order valence-electron chi connectivity index (χ3n) is 4.28. The van der Waals surface area contributed by atoms with Crippen LogP contribution in [0.3, 0.4) is 0 Å². The van der Waals surface area contributed by atoms with Crippen LogP contribution in [0.2, 0.25) is 0 Å². The molecule has 0 bridgehead atoms. The molecule has 0 spiro atoms. The Labute approximate surface area is 187 Å². The van der Waals surface area contributed by atoms with Crippen LogP contribution in [0.4, 0.5) is 59.7 Å². The lowest BCUT2D eigenvalue weighted by Crippen LogP contribution is -2.19. The van der Waals surface area contributed by atoms with Gasteiger partial charge in [0.1, 0.15) is 17.1 Å². The number of benzene rings is 3. The smallest absolute Gasteiger partial charge is 0.420 e. The van der Waals surface area contributed by atoms with Crippen molar-refractivity contribution in [2.75, 3.05) is 11.5 Å². The molecule has 0 saturated heterocycles. The Balaban J connectivity index is 2.29. The standard InChI is InChI=1S/C20H9F11N2O2/c21-9-1-6(3-11(32)15(9)23)34-13-5-8(19(26,27)28)14(20(29,30)31)18(17(13)25)35-7-2-10(22)16(24)12(33)4-7/h1-5H,32-33H2. The molecule has 0 atom stereocenters. The lowest BCUT2D eigenvalue weighted by Gasteiger charge is -2.22. The summed E-state index contributed by atoms with van der Waals surface area (Å²) < 4.78 is 159. The molecule has 3 aromatic carbocycles. The van der Waals surface area contributed by atoms with E-state index in [1.807, 2.05) is 0 Å². The van der Waals surface area contributed by atoms with Gasteiger partial charge in [0.2, 0.25) is 5.82 Å². The Bertz CT molecular complexity index is 1260. The fourth-order valence-electron chi connectivity index (χ4n) is 2.82. The third-order valence-corrected chi connectivity index (χ3v) is 4.28. The molecular weight excluding hydrogens is 509 g/mol. The molecule has 4 nitrogen and oxygen atoms in total. The van der Waals surface area contributed by atoms with Gasteiger partial charge >= 0.3 is 12.4 Å². The number of anilines is 2. The van der Waals surface area contributed by atoms with E-state index in [4.69, 9.17) is 16.2 Å². The Hall–Kier alpha value is -3.91. The lowest BCUT2D eigenvalue weighted by molar-refractivity contribution is -0.163. The molecule has 4 N–H and O–H groups in total. The summed E-state index contributed by atoms with van der Waals surface area (Å²) in [6, 6.07) is 0.824. The highest BCUT2D eigenvalue weighted by atomic mass is 19.4. The van der Waals surface area contributed by atoms with Gasteiger partial charge in [-0.15, -0.1) is 0 Å². The highest BCUT2D eigenvalue weighted by Gasteiger charge is 2.48. The second kappa shape index (κ2) is 8.70. The number of nitrogen functional groups attached to an aromatic ring is 2. The van der Waals surface area contributed by atoms with Gasteiger partial charge in [0.25, 0.3) is 0 Å². The molecule has 3 rings (SSSR count). The molecule has 0 unspecified atom stereocenters. The van der Waals surface area contributed by atoms with E-state index in [9.17, 15) is 43.9 Å². The van der Waals surface area contributed by atoms with Crippen molar-refractivity contribution in [3.8, 4) is 23.0 Å². The number of ether oxygens (including phenoxy) is 2. The first-order valence-corrected chi connectivity index (χ1v) is 8.86. The number of rotatable bonds is 4. The van der Waals surface area contributed by atoms with Crippen molar-refractivity contribution in [3.05, 3.63) is 70.5 Å². The second-order valence-electron chi connectivity index (χ2n) is 6.76. The van der Waals surface area contributed by atoms with Gasteiger partial charge in [-0.1, -0.05) is 0 Å². The number of alkyl halides is 6. The molecule has 0 aromatic heterocycles. The fraction of sp³-hybridized carbons (Fsp3) is 0.100. The van der Waals surface area contributed by atoms with Gasteiger partial charge in [0.15, 0.2) is 34.8 Å². The summed E-state index contributed by atoms with van der Waals surface area (Å²) in [6.45, 7) is 0. The van der Waals surface area contributed by atoms with Gasteiger partial charge in [-0.05, 0) is 6.07 Å². The molecule has 0 saturated carbocycles. The van der Waals surface area contributed by atoms with Crippen molar-refractivity contribution in [3.63, 3.8) is 0 Å². The van der Waals surface area contributed by atoms with Gasteiger partial charge < -0.3 is 20.9 Å². The molecule has 0 fully saturated rings. The largest absolute Gasteiger partial charge is 0.454 e. The minimum atomic E-state index is -5.89. The third kappa shape index (κ3) is 5.12. The predicted octanol–water partition coefficient (Wildman–Crippen LogP) is 7.17. The van der Waals surface area contributed by atoms with Crippen LogP contribution in [0, 0.1) is 29.1 Å². The van der Waals surface area contributed by atoms with E-state index in [2.05, 4.69) is 4.74 Å². The summed E-state index contributed by atoms with van der Waals surface area (Å²) in [5.74, 6) is -14.6. The maximum Gasteiger partial charge on any atom is 0.420 e. The molecule has 35 heavy (non-hydrogen) atoms. The van der Waals surface area contributed by atoms with E-state index >= 15 is 4.39 Å². The Morgan fingerprint density at radius 3 is 1.43 bits per heavy atom. The van der Waals surface area contributed by atoms with E-state index in [0.29, 0.717) is 12.1 Å². The summed E-state index contributed by atoms with van der Waals surface area (Å²) in [5.41, 5.74) is 3.13. The summed E-state index contributed by atoms with van der Waals surface area (Å²) >= 11 is 0. The maximum atomic E-state index is 15.0. The van der Waals surface area contributed by atoms with Crippen molar-refractivity contribution in [1.82, 2.24) is 0 Å². The van der Waals surface area contributed by atoms with Crippen molar-refractivity contribution < 1.29 is 57.8 Å². The number of halogens is 11. The van der Waals surface area contributed by atoms with Gasteiger partial charge in [0, 0.05) is 24.3 Å². The SMILES string of the molecule is Nc1cc(Oc2cc(C(F)(F)F)c(C(F)(F)F)c(Oc3cc(N)c(F)c(F)c3)c2F)cc(F)c1F. The lowest BCUT2D eigenvalue weighted by atomic mass is 10.0. The average Bonchev–Trinajstić information content (AvgIpc) is 2.71. The number of hydrogen-bond donors (Lipinski definition) is 2. The van der Waals surface area contributed by atoms with Crippen molar-refractivity contribution in [2.24, 2.45) is 0 Å². The van der Waals surface area contributed by atoms with E-state index in [1.165, 1.54) is 0 Å². The van der Waals surface area contributed by atoms with Crippen LogP contribution in [-0.4, -0.2) is 0 Å². The zero-order valence-electron chi connectivity index (χ0n) is 16.5. The summed E-state index contributed by atoms with van der Waals surface area (Å²) in [7, 11) is 0. The van der Waals surface area contributed by atoms with E-state index in [0.717, 1.165) is 0 Å². The van der Waals surface area contributed by atoms with Crippen LogP contribution in [0.25, 0.3) is 0 Å². The van der Waals surface area contributed by atoms with Gasteiger partial charge in [-0.25, -0.2) is 17.6 Å². The molecule has 3 aromatic rings. The molecule has 0 radical (unpaired) electrons. The predicted molar refractivity (Wildman–Crippen MR) is 98.1 cm³/mol. The fourth-order valence-corrected chi connectivity index (χ4v) is 2.82. The Kier molecular flexibility index (Phi) is 6.39. The van der Waals surface area contributed by atoms with Crippen LogP contribution < -0.4 is 20.9 Å². The van der Waals surface area contributed by atoms with Crippen LogP contribution >= 0.6 is 0 Å². The van der Waals surface area contributed by atoms with Gasteiger partial charge in [-0.3, -0.25) is 0 Å². The van der Waals surface area contributed by atoms with Crippen molar-refractivity contribution in [1.29, 1.82) is 0 Å². The van der Waals surface area contributed by atoms with Crippen LogP contribution in [-0.2, 0) is 12.4 Å². The first-order valence-electron chi connectivity index (χ1n) is 8.86. The summed E-state index contributed by atoms with van der Waals surface area (Å²) in [4.78, 5) is 0. The molecule has 188 valence electrons. The average molecular weight is 518 g/mol. The molecule has 0 aliphatic carbocycles. The highest BCUT2D eigenvalue weighted by molar-refractivity contribution is 5.55. The minimum absolute atomic E-state index is 0.0993. The molecular formula is C20H9F11N2O2. The summed E-state index contributed by atoms with van der Waals surface area (Å²) in [5, 5.41) is 0. The molecule has 0 aliphatic rings. The zero-order valence-corrected chi connectivity index (χ0v) is 16.5. The van der Waals surface area contributed by atoms with Crippen LogP contribution in [0.1, 0.15) is 11.1 Å². The van der Waals surface area contributed by atoms with Gasteiger partial charge in [0.05, 0.1) is 16.9 Å². The first kappa shape index (κ1) is 25.7. The Morgan fingerprint density at radius 2 is 1.03 bits per heavy atom. The van der Waals surface area contributed by atoms with Gasteiger partial charge in [-0.2, -0.15) is 30.7 Å². The zero-order chi connectivity index (χ0) is 26.5. The molecule has 0 aliphatic heterocycles. The highest BCUT2D eigenvalue weighted by Crippen LogP contribution is 2.50. The normalized spacial score (nSPS) is 12.1. The number of hydrogen-bond acceptors (Lipinski definition) is 4. The minimum Gasteiger partial charge on any atom is -0.454 e. The van der Waals surface area contributed by atoms with E-state index < -0.39 is 93.0 Å². The second-order valence-corrected chi connectivity index (χ2v) is 6.76. The topological polar surface area (TPSA) is 70.5 Å². The molecule has 0 amide bonds. The van der Waals surface area contributed by atoms with E-state index in [-0.39, 0.29) is 12.1 Å². The van der Waals surface area contributed by atoms with Crippen molar-refractivity contribution in [2.45, 2.75) is 12.4 Å². The van der Waals surface area contributed by atoms with E-state index in [1.54, 1.807) is 0 Å². The molecule has 15 heteroatoms. The summed E-state index contributed by atoms with van der Waals surface area (Å²) in [6.07, 6.45) is -11.7. The van der Waals surface area contributed by atoms with Crippen LogP contribution in [0.5, 0.6) is 23.0 Å². The van der Waals surface area contributed by atoms with Crippen molar-refractivity contribution >= 4 is 11.4 Å². The number of nitrogens with two attached hydrogens (primary N) is 2. The van der Waals surface area contributed by atoms with Crippen LogP contribution in [0.15, 0.2) is 30.3 Å². The monoisotopic (exact) mass is 518 g/mol. The maximum absolute atomic E-state index is 15.0.